The SMILES string of the molecule is CC(C)(Oc1cc([N+](=O)[O-])ccc1Br)C(=O)Nc1cc2c(cc1Cl)OC(F)(F)O2. The maximum absolute atomic E-state index is 13.2. The van der Waals surface area contributed by atoms with E-state index >= 15 is 0 Å². The number of carbonyl (C=O) groups is 1. The van der Waals surface area contributed by atoms with Crippen LogP contribution in [-0.2, 0) is 4.79 Å². The number of anilines is 1. The Morgan fingerprint density at radius 2 is 1.90 bits per heavy atom. The molecular formula is C17H12BrClF2N2O6. The second kappa shape index (κ2) is 7.30. The number of carbonyl (C=O) groups excluding carboxylic acids is 1. The van der Waals surface area contributed by atoms with Crippen LogP contribution in [0.25, 0.3) is 0 Å². The van der Waals surface area contributed by atoms with Crippen molar-refractivity contribution >= 4 is 44.8 Å². The smallest absolute Gasteiger partial charge is 0.477 e. The maximum atomic E-state index is 13.2. The Kier molecular flexibility index (Phi) is 5.30. The highest BCUT2D eigenvalue weighted by atomic mass is 79.9. The number of halogens is 4. The summed E-state index contributed by atoms with van der Waals surface area (Å²) in [6.45, 7) is 2.84. The van der Waals surface area contributed by atoms with Crippen molar-refractivity contribution < 1.29 is 32.7 Å². The Balaban J connectivity index is 1.81. The summed E-state index contributed by atoms with van der Waals surface area (Å²) in [5.41, 5.74) is -1.74. The van der Waals surface area contributed by atoms with Crippen molar-refractivity contribution in [3.05, 3.63) is 49.9 Å². The second-order valence-electron chi connectivity index (χ2n) is 6.38. The van der Waals surface area contributed by atoms with Crippen LogP contribution in [0.3, 0.4) is 0 Å². The average molecular weight is 494 g/mol. The van der Waals surface area contributed by atoms with E-state index in [4.69, 9.17) is 16.3 Å². The van der Waals surface area contributed by atoms with Crippen molar-refractivity contribution in [3.8, 4) is 17.2 Å². The van der Waals surface area contributed by atoms with Gasteiger partial charge in [0.05, 0.1) is 26.2 Å². The summed E-state index contributed by atoms with van der Waals surface area (Å²) >= 11 is 9.22. The van der Waals surface area contributed by atoms with Crippen LogP contribution in [0.1, 0.15) is 13.8 Å². The summed E-state index contributed by atoms with van der Waals surface area (Å²) in [5.74, 6) is -1.19. The van der Waals surface area contributed by atoms with Crippen LogP contribution in [0.2, 0.25) is 5.02 Å². The van der Waals surface area contributed by atoms with E-state index in [0.29, 0.717) is 4.47 Å². The van der Waals surface area contributed by atoms with E-state index in [1.54, 1.807) is 0 Å². The van der Waals surface area contributed by atoms with Crippen LogP contribution in [0.4, 0.5) is 20.2 Å². The summed E-state index contributed by atoms with van der Waals surface area (Å²) in [5, 5.41) is 13.3. The average Bonchev–Trinajstić information content (AvgIpc) is 2.89. The Morgan fingerprint density at radius 3 is 2.52 bits per heavy atom. The molecule has 1 amide bonds. The van der Waals surface area contributed by atoms with Crippen LogP contribution >= 0.6 is 27.5 Å². The normalized spacial score (nSPS) is 14.4. The van der Waals surface area contributed by atoms with E-state index in [-0.39, 0.29) is 33.6 Å². The largest absolute Gasteiger partial charge is 0.586 e. The second-order valence-corrected chi connectivity index (χ2v) is 7.65. The number of ether oxygens (including phenoxy) is 3. The van der Waals surface area contributed by atoms with Crippen molar-refractivity contribution in [2.24, 2.45) is 0 Å². The van der Waals surface area contributed by atoms with Gasteiger partial charge in [-0.2, -0.15) is 0 Å². The number of fused-ring (bicyclic) bond motifs is 1. The van der Waals surface area contributed by atoms with Gasteiger partial charge in [0.25, 0.3) is 11.6 Å². The van der Waals surface area contributed by atoms with Gasteiger partial charge in [0, 0.05) is 18.2 Å². The number of rotatable bonds is 5. The standard InChI is InChI=1S/C17H12BrClF2N2O6/c1-16(2,27-12-5-8(23(25)26)3-4-9(12)18)15(24)22-11-7-14-13(6-10(11)19)28-17(20,21)29-14/h3-7H,1-2H3,(H,22,24). The van der Waals surface area contributed by atoms with Crippen LogP contribution in [0.15, 0.2) is 34.8 Å². The Hall–Kier alpha value is -2.66. The molecule has 0 saturated heterocycles. The van der Waals surface area contributed by atoms with Crippen molar-refractivity contribution in [1.29, 1.82) is 0 Å². The molecule has 0 aliphatic carbocycles. The number of non-ortho nitro benzene ring substituents is 1. The van der Waals surface area contributed by atoms with Crippen LogP contribution in [0, 0.1) is 10.1 Å². The molecule has 0 aromatic heterocycles. The fourth-order valence-electron chi connectivity index (χ4n) is 2.35. The predicted octanol–water partition coefficient (Wildman–Crippen LogP) is 5.13. The van der Waals surface area contributed by atoms with Crippen LogP contribution in [-0.4, -0.2) is 22.7 Å². The minimum absolute atomic E-state index is 0.00787. The van der Waals surface area contributed by atoms with Crippen LogP contribution < -0.4 is 19.5 Å². The van der Waals surface area contributed by atoms with Gasteiger partial charge in [-0.05, 0) is 35.8 Å². The highest BCUT2D eigenvalue weighted by Crippen LogP contribution is 2.45. The van der Waals surface area contributed by atoms with Gasteiger partial charge < -0.3 is 19.5 Å². The van der Waals surface area contributed by atoms with Crippen LogP contribution in [0.5, 0.6) is 17.2 Å². The number of nitro benzene ring substituents is 1. The first-order chi connectivity index (χ1) is 13.4. The van der Waals surface area contributed by atoms with Crippen molar-refractivity contribution in [3.63, 3.8) is 0 Å². The van der Waals surface area contributed by atoms with E-state index in [1.807, 2.05) is 0 Å². The highest BCUT2D eigenvalue weighted by molar-refractivity contribution is 9.10. The molecule has 1 N–H and O–H groups in total. The monoisotopic (exact) mass is 492 g/mol. The zero-order valence-corrected chi connectivity index (χ0v) is 17.1. The Bertz CT molecular complexity index is 1020. The number of nitrogens with one attached hydrogen (secondary N) is 1. The molecule has 29 heavy (non-hydrogen) atoms. The lowest BCUT2D eigenvalue weighted by molar-refractivity contribution is -0.385. The molecule has 8 nitrogen and oxygen atoms in total. The highest BCUT2D eigenvalue weighted by Gasteiger charge is 2.44. The molecule has 0 fully saturated rings. The first kappa shape index (κ1) is 21.1. The molecule has 2 aromatic rings. The Morgan fingerprint density at radius 1 is 1.28 bits per heavy atom. The minimum Gasteiger partial charge on any atom is -0.477 e. The summed E-state index contributed by atoms with van der Waals surface area (Å²) < 4.78 is 41.0. The van der Waals surface area contributed by atoms with E-state index in [9.17, 15) is 23.7 Å². The molecular weight excluding hydrogens is 482 g/mol. The molecule has 12 heteroatoms. The lowest BCUT2D eigenvalue weighted by atomic mass is 10.1. The summed E-state index contributed by atoms with van der Waals surface area (Å²) in [4.78, 5) is 23.0. The molecule has 0 unspecified atom stereocenters. The van der Waals surface area contributed by atoms with Gasteiger partial charge in [-0.1, -0.05) is 11.6 Å². The predicted molar refractivity (Wildman–Crippen MR) is 102 cm³/mol. The lowest BCUT2D eigenvalue weighted by Gasteiger charge is -2.26. The van der Waals surface area contributed by atoms with Gasteiger partial charge in [0.15, 0.2) is 17.1 Å². The molecule has 1 aliphatic heterocycles. The van der Waals surface area contributed by atoms with Crippen molar-refractivity contribution in [2.75, 3.05) is 5.32 Å². The molecule has 0 spiro atoms. The first-order valence-corrected chi connectivity index (χ1v) is 9.09. The molecule has 0 atom stereocenters. The number of nitro groups is 1. The lowest BCUT2D eigenvalue weighted by Crippen LogP contribution is -2.42. The molecule has 1 heterocycles. The fourth-order valence-corrected chi connectivity index (χ4v) is 2.87. The molecule has 0 radical (unpaired) electrons. The number of amides is 1. The van der Waals surface area contributed by atoms with Gasteiger partial charge >= 0.3 is 6.29 Å². The molecule has 154 valence electrons. The molecule has 2 aromatic carbocycles. The van der Waals surface area contributed by atoms with E-state index in [2.05, 4.69) is 30.7 Å². The number of hydrogen-bond acceptors (Lipinski definition) is 6. The van der Waals surface area contributed by atoms with E-state index < -0.39 is 22.7 Å². The van der Waals surface area contributed by atoms with Gasteiger partial charge in [-0.3, -0.25) is 14.9 Å². The maximum Gasteiger partial charge on any atom is 0.586 e. The molecule has 1 aliphatic rings. The summed E-state index contributed by atoms with van der Waals surface area (Å²) in [6.07, 6.45) is -3.83. The summed E-state index contributed by atoms with van der Waals surface area (Å²) in [7, 11) is 0. The number of benzene rings is 2. The quantitative estimate of drug-likeness (QED) is 0.458. The number of hydrogen-bond donors (Lipinski definition) is 1. The third-order valence-electron chi connectivity index (χ3n) is 3.78. The summed E-state index contributed by atoms with van der Waals surface area (Å²) in [6, 6.07) is 6.02. The number of alkyl halides is 2. The van der Waals surface area contributed by atoms with Gasteiger partial charge in [-0.15, -0.1) is 8.78 Å². The zero-order chi connectivity index (χ0) is 21.6. The third kappa shape index (κ3) is 4.51. The van der Waals surface area contributed by atoms with Gasteiger partial charge in [0.1, 0.15) is 5.75 Å². The topological polar surface area (TPSA) is 99.9 Å². The minimum atomic E-state index is -3.83. The molecule has 0 bridgehead atoms. The third-order valence-corrected chi connectivity index (χ3v) is 4.74. The van der Waals surface area contributed by atoms with Crippen molar-refractivity contribution in [2.45, 2.75) is 25.7 Å². The fraction of sp³-hybridized carbons (Fsp3) is 0.235. The van der Waals surface area contributed by atoms with Gasteiger partial charge in [0.2, 0.25) is 0 Å². The molecule has 0 saturated carbocycles. The van der Waals surface area contributed by atoms with Crippen molar-refractivity contribution in [1.82, 2.24) is 0 Å². The molecule has 3 rings (SSSR count). The van der Waals surface area contributed by atoms with Gasteiger partial charge in [-0.25, -0.2) is 0 Å². The van der Waals surface area contributed by atoms with E-state index in [1.165, 1.54) is 26.0 Å². The zero-order valence-electron chi connectivity index (χ0n) is 14.8. The van der Waals surface area contributed by atoms with E-state index in [0.717, 1.165) is 18.2 Å². The Labute approximate surface area is 176 Å². The number of nitrogens with zero attached hydrogens (tertiary/aromatic N) is 1. The first-order valence-electron chi connectivity index (χ1n) is 7.92.